The molecule has 0 saturated heterocycles. The third kappa shape index (κ3) is 10.8. The maximum Gasteiger partial charge on any atom is 0.343 e. The molecule has 0 bridgehead atoms. The molecular weight excluding hydrogens is 582 g/mol. The highest BCUT2D eigenvalue weighted by Crippen LogP contribution is 2.25. The summed E-state index contributed by atoms with van der Waals surface area (Å²) in [4.78, 5) is 29.8. The van der Waals surface area contributed by atoms with Crippen LogP contribution in [0.4, 0.5) is 5.69 Å². The van der Waals surface area contributed by atoms with Gasteiger partial charge in [0, 0.05) is 11.8 Å². The molecule has 8 heteroatoms. The molecule has 0 aromatic heterocycles. The molecule has 8 nitrogen and oxygen atoms in total. The fourth-order valence-electron chi connectivity index (χ4n) is 4.62. The Kier molecular flexibility index (Phi) is 13.2. The molecule has 4 rings (SSSR count). The zero-order valence-corrected chi connectivity index (χ0v) is 26.4. The van der Waals surface area contributed by atoms with Gasteiger partial charge in [0.1, 0.15) is 28.7 Å². The Balaban J connectivity index is 1.23. The zero-order chi connectivity index (χ0) is 32.6. The van der Waals surface area contributed by atoms with E-state index in [1.165, 1.54) is 87.2 Å². The first kappa shape index (κ1) is 33.8. The summed E-state index contributed by atoms with van der Waals surface area (Å²) in [5.41, 5.74) is 1.70. The number of ether oxygens (including phenoxy) is 4. The van der Waals surface area contributed by atoms with Crippen molar-refractivity contribution in [3.05, 3.63) is 108 Å². The first-order chi connectivity index (χ1) is 22.4. The standard InChI is InChI=1S/C38H41NO7/c1-3-4-5-6-7-8-9-10-25-44-33-17-11-28(12-18-33)37(41)45-34-19-13-29(14-20-34)38(42)46-35-23-24-36(40)30(26-35)27-39-31-15-21-32(43-2)22-16-31/h11-24,26-27,40H,3-10,25H2,1-2H3. The molecule has 0 atom stereocenters. The number of nitrogens with zero attached hydrogens (tertiary/aromatic N) is 1. The lowest BCUT2D eigenvalue weighted by Crippen LogP contribution is -2.10. The van der Waals surface area contributed by atoms with Gasteiger partial charge in [-0.25, -0.2) is 9.59 Å². The van der Waals surface area contributed by atoms with Crippen LogP contribution in [-0.2, 0) is 0 Å². The van der Waals surface area contributed by atoms with E-state index in [1.807, 2.05) is 0 Å². The third-order valence-corrected chi connectivity index (χ3v) is 7.29. The molecule has 46 heavy (non-hydrogen) atoms. The van der Waals surface area contributed by atoms with Gasteiger partial charge in [-0.2, -0.15) is 0 Å². The summed E-state index contributed by atoms with van der Waals surface area (Å²) in [5, 5.41) is 10.2. The minimum Gasteiger partial charge on any atom is -0.507 e. The van der Waals surface area contributed by atoms with E-state index in [0.29, 0.717) is 40.7 Å². The molecule has 0 amide bonds. The molecular formula is C38H41NO7. The van der Waals surface area contributed by atoms with E-state index in [1.54, 1.807) is 55.6 Å². The number of phenols is 1. The van der Waals surface area contributed by atoms with Crippen LogP contribution in [0.1, 0.15) is 84.6 Å². The maximum absolute atomic E-state index is 12.8. The predicted octanol–water partition coefficient (Wildman–Crippen LogP) is 9.11. The number of phenolic OH excluding ortho intramolecular Hbond substituents is 1. The van der Waals surface area contributed by atoms with Gasteiger partial charge in [-0.3, -0.25) is 4.99 Å². The lowest BCUT2D eigenvalue weighted by molar-refractivity contribution is 0.0730. The summed E-state index contributed by atoms with van der Waals surface area (Å²) in [7, 11) is 1.59. The Bertz CT molecular complexity index is 1560. The number of aliphatic imine (C=N–C) groups is 1. The van der Waals surface area contributed by atoms with Gasteiger partial charge in [-0.15, -0.1) is 0 Å². The highest BCUT2D eigenvalue weighted by Gasteiger charge is 2.13. The minimum atomic E-state index is -0.607. The van der Waals surface area contributed by atoms with E-state index in [4.69, 9.17) is 18.9 Å². The van der Waals surface area contributed by atoms with Crippen LogP contribution in [-0.4, -0.2) is 37.0 Å². The normalized spacial score (nSPS) is 10.9. The first-order valence-electron chi connectivity index (χ1n) is 15.7. The highest BCUT2D eigenvalue weighted by atomic mass is 16.5. The predicted molar refractivity (Wildman–Crippen MR) is 179 cm³/mol. The van der Waals surface area contributed by atoms with Crippen LogP contribution in [0.5, 0.6) is 28.7 Å². The Morgan fingerprint density at radius 2 is 1.17 bits per heavy atom. The van der Waals surface area contributed by atoms with Gasteiger partial charge in [0.15, 0.2) is 0 Å². The molecule has 0 saturated carbocycles. The van der Waals surface area contributed by atoms with E-state index >= 15 is 0 Å². The number of unbranched alkanes of at least 4 members (excludes halogenated alkanes) is 7. The number of hydrogen-bond donors (Lipinski definition) is 1. The number of carbonyl (C=O) groups excluding carboxylic acids is 2. The number of methoxy groups -OCH3 is 1. The van der Waals surface area contributed by atoms with Crippen LogP contribution in [0, 0.1) is 0 Å². The molecule has 0 radical (unpaired) electrons. The fourth-order valence-corrected chi connectivity index (χ4v) is 4.62. The molecule has 0 aliphatic rings. The van der Waals surface area contributed by atoms with E-state index in [2.05, 4.69) is 11.9 Å². The van der Waals surface area contributed by atoms with Crippen molar-refractivity contribution >= 4 is 23.8 Å². The van der Waals surface area contributed by atoms with Gasteiger partial charge in [-0.05, 0) is 97.4 Å². The monoisotopic (exact) mass is 623 g/mol. The largest absolute Gasteiger partial charge is 0.507 e. The summed E-state index contributed by atoms with van der Waals surface area (Å²) in [6, 6.07) is 24.5. The molecule has 240 valence electrons. The Morgan fingerprint density at radius 1 is 0.652 bits per heavy atom. The van der Waals surface area contributed by atoms with Crippen LogP contribution < -0.4 is 18.9 Å². The molecule has 0 aliphatic heterocycles. The van der Waals surface area contributed by atoms with E-state index in [-0.39, 0.29) is 17.1 Å². The van der Waals surface area contributed by atoms with Gasteiger partial charge in [0.2, 0.25) is 0 Å². The van der Waals surface area contributed by atoms with Crippen LogP contribution in [0.15, 0.2) is 96.0 Å². The second-order valence-corrected chi connectivity index (χ2v) is 10.8. The maximum atomic E-state index is 12.8. The minimum absolute atomic E-state index is 0.0100. The van der Waals surface area contributed by atoms with Gasteiger partial charge < -0.3 is 24.1 Å². The Hall–Kier alpha value is -5.11. The third-order valence-electron chi connectivity index (χ3n) is 7.29. The summed E-state index contributed by atoms with van der Waals surface area (Å²) in [6.07, 6.45) is 11.4. The van der Waals surface area contributed by atoms with E-state index in [0.717, 1.165) is 12.8 Å². The van der Waals surface area contributed by atoms with E-state index in [9.17, 15) is 14.7 Å². The number of benzene rings is 4. The fraction of sp³-hybridized carbons (Fsp3) is 0.289. The first-order valence-corrected chi connectivity index (χ1v) is 15.7. The second-order valence-electron chi connectivity index (χ2n) is 10.8. The summed E-state index contributed by atoms with van der Waals surface area (Å²) < 4.78 is 21.9. The van der Waals surface area contributed by atoms with Crippen molar-refractivity contribution in [1.29, 1.82) is 0 Å². The quantitative estimate of drug-likeness (QED) is 0.0541. The van der Waals surface area contributed by atoms with Crippen LogP contribution in [0.25, 0.3) is 0 Å². The average Bonchev–Trinajstić information content (AvgIpc) is 3.08. The lowest BCUT2D eigenvalue weighted by Gasteiger charge is -2.09. The molecule has 4 aromatic rings. The van der Waals surface area contributed by atoms with Gasteiger partial charge in [0.05, 0.1) is 30.5 Å². The van der Waals surface area contributed by atoms with Crippen LogP contribution in [0.3, 0.4) is 0 Å². The zero-order valence-electron chi connectivity index (χ0n) is 26.4. The van der Waals surface area contributed by atoms with Crippen molar-refractivity contribution in [3.63, 3.8) is 0 Å². The topological polar surface area (TPSA) is 104 Å². The van der Waals surface area contributed by atoms with Crippen molar-refractivity contribution < 1.29 is 33.6 Å². The molecule has 0 heterocycles. The molecule has 0 fully saturated rings. The summed E-state index contributed by atoms with van der Waals surface area (Å²) >= 11 is 0. The number of carbonyl (C=O) groups is 2. The van der Waals surface area contributed by atoms with Gasteiger partial charge in [-0.1, -0.05) is 51.9 Å². The summed E-state index contributed by atoms with van der Waals surface area (Å²) in [6.45, 7) is 2.88. The van der Waals surface area contributed by atoms with Crippen molar-refractivity contribution in [2.24, 2.45) is 4.99 Å². The van der Waals surface area contributed by atoms with Crippen molar-refractivity contribution in [1.82, 2.24) is 0 Å². The molecule has 0 aliphatic carbocycles. The van der Waals surface area contributed by atoms with Crippen molar-refractivity contribution in [2.75, 3.05) is 13.7 Å². The van der Waals surface area contributed by atoms with Gasteiger partial charge >= 0.3 is 11.9 Å². The smallest absolute Gasteiger partial charge is 0.343 e. The highest BCUT2D eigenvalue weighted by molar-refractivity contribution is 5.93. The Morgan fingerprint density at radius 3 is 1.78 bits per heavy atom. The van der Waals surface area contributed by atoms with Crippen molar-refractivity contribution in [3.8, 4) is 28.7 Å². The van der Waals surface area contributed by atoms with E-state index < -0.39 is 11.9 Å². The second kappa shape index (κ2) is 18.0. The lowest BCUT2D eigenvalue weighted by atomic mass is 10.1. The molecule has 4 aromatic carbocycles. The average molecular weight is 624 g/mol. The number of rotatable bonds is 17. The number of hydrogen-bond acceptors (Lipinski definition) is 8. The molecule has 0 spiro atoms. The number of aromatic hydroxyl groups is 1. The van der Waals surface area contributed by atoms with Crippen LogP contribution in [0.2, 0.25) is 0 Å². The molecule has 1 N–H and O–H groups in total. The van der Waals surface area contributed by atoms with Crippen molar-refractivity contribution in [2.45, 2.75) is 58.3 Å². The van der Waals surface area contributed by atoms with Gasteiger partial charge in [0.25, 0.3) is 0 Å². The summed E-state index contributed by atoms with van der Waals surface area (Å²) in [5.74, 6) is 0.818. The SMILES string of the molecule is CCCCCCCCCCOc1ccc(C(=O)Oc2ccc(C(=O)Oc3ccc(O)c(C=Nc4ccc(OC)cc4)c3)cc2)cc1. The molecule has 0 unspecified atom stereocenters. The van der Waals surface area contributed by atoms with Crippen LogP contribution >= 0.6 is 0 Å². The Labute approximate surface area is 270 Å². The number of esters is 2.